The van der Waals surface area contributed by atoms with Crippen LogP contribution in [0, 0.1) is 0 Å². The highest BCUT2D eigenvalue weighted by Gasteiger charge is 2.55. The van der Waals surface area contributed by atoms with E-state index in [1.807, 2.05) is 53.4 Å². The lowest BCUT2D eigenvalue weighted by Crippen LogP contribution is -2.51. The summed E-state index contributed by atoms with van der Waals surface area (Å²) in [7, 11) is 0. The maximum Gasteiger partial charge on any atom is 0.235 e. The first-order chi connectivity index (χ1) is 15.6. The molecule has 1 aromatic heterocycles. The molecule has 0 bridgehead atoms. The molecule has 1 saturated carbocycles. The largest absolute Gasteiger partial charge is 0.454 e. The summed E-state index contributed by atoms with van der Waals surface area (Å²) >= 11 is 6.35. The molecule has 0 N–H and O–H groups in total. The number of amides is 1. The van der Waals surface area contributed by atoms with Crippen molar-refractivity contribution in [1.82, 2.24) is 10.1 Å². The van der Waals surface area contributed by atoms with Crippen LogP contribution in [0.25, 0.3) is 11.3 Å². The summed E-state index contributed by atoms with van der Waals surface area (Å²) in [6, 6.07) is 15.4. The van der Waals surface area contributed by atoms with Gasteiger partial charge >= 0.3 is 0 Å². The molecule has 3 heterocycles. The van der Waals surface area contributed by atoms with E-state index in [0.717, 1.165) is 48.0 Å². The Hall–Kier alpha value is -3.19. The number of halogens is 1. The molecule has 3 aromatic rings. The van der Waals surface area contributed by atoms with Gasteiger partial charge in [-0.3, -0.25) is 4.79 Å². The van der Waals surface area contributed by atoms with E-state index >= 15 is 0 Å². The summed E-state index contributed by atoms with van der Waals surface area (Å²) in [5.41, 5.74) is 2.02. The van der Waals surface area contributed by atoms with E-state index in [4.69, 9.17) is 25.6 Å². The van der Waals surface area contributed by atoms with Gasteiger partial charge in [-0.2, -0.15) is 0 Å². The van der Waals surface area contributed by atoms with Crippen LogP contribution in [-0.2, 0) is 10.2 Å². The SMILES string of the molecule is O=C(N1CCN(c2ccccc2Cl)CC1)C1(c2cc(-c3ccc4c(c3)OCO4)on2)CC1. The minimum atomic E-state index is -0.565. The van der Waals surface area contributed by atoms with E-state index in [1.54, 1.807) is 0 Å². The van der Waals surface area contributed by atoms with Crippen LogP contribution in [0.15, 0.2) is 53.1 Å². The van der Waals surface area contributed by atoms with Gasteiger partial charge in [-0.25, -0.2) is 0 Å². The van der Waals surface area contributed by atoms with Crippen LogP contribution < -0.4 is 14.4 Å². The summed E-state index contributed by atoms with van der Waals surface area (Å²) in [5, 5.41) is 5.03. The molecular weight excluding hydrogens is 430 g/mol. The first-order valence-electron chi connectivity index (χ1n) is 10.8. The molecule has 1 aliphatic carbocycles. The zero-order valence-corrected chi connectivity index (χ0v) is 18.2. The Bertz CT molecular complexity index is 1180. The number of anilines is 1. The van der Waals surface area contributed by atoms with E-state index in [-0.39, 0.29) is 12.7 Å². The lowest BCUT2D eigenvalue weighted by molar-refractivity contribution is -0.134. The number of piperazine rings is 1. The number of rotatable bonds is 4. The van der Waals surface area contributed by atoms with Crippen molar-refractivity contribution in [3.8, 4) is 22.8 Å². The number of ether oxygens (including phenoxy) is 2. The third kappa shape index (κ3) is 3.19. The molecule has 7 nitrogen and oxygen atoms in total. The molecule has 164 valence electrons. The standard InChI is InChI=1S/C24H22ClN3O4/c25-17-3-1-2-4-18(17)27-9-11-28(12-10-27)23(29)24(7-8-24)22-14-20(32-26-22)16-5-6-19-21(13-16)31-15-30-19/h1-6,13-14H,7-12,15H2. The molecule has 1 saturated heterocycles. The number of hydrogen-bond donors (Lipinski definition) is 0. The molecule has 0 radical (unpaired) electrons. The first kappa shape index (κ1) is 19.5. The van der Waals surface area contributed by atoms with E-state index in [0.29, 0.717) is 30.3 Å². The molecule has 0 spiro atoms. The van der Waals surface area contributed by atoms with Crippen molar-refractivity contribution in [2.24, 2.45) is 0 Å². The predicted molar refractivity (Wildman–Crippen MR) is 119 cm³/mol. The molecule has 1 amide bonds. The van der Waals surface area contributed by atoms with Gasteiger partial charge in [0.2, 0.25) is 12.7 Å². The molecule has 2 aromatic carbocycles. The number of fused-ring (bicyclic) bond motifs is 1. The van der Waals surface area contributed by atoms with Crippen molar-refractivity contribution in [3.05, 3.63) is 59.2 Å². The van der Waals surface area contributed by atoms with Crippen molar-refractivity contribution in [2.45, 2.75) is 18.3 Å². The van der Waals surface area contributed by atoms with Gasteiger partial charge in [0.1, 0.15) is 0 Å². The summed E-state index contributed by atoms with van der Waals surface area (Å²) in [6.45, 7) is 3.07. The predicted octanol–water partition coefficient (Wildman–Crippen LogP) is 4.10. The number of carbonyl (C=O) groups excluding carboxylic acids is 1. The van der Waals surface area contributed by atoms with Crippen molar-refractivity contribution in [3.63, 3.8) is 0 Å². The van der Waals surface area contributed by atoms with Crippen LogP contribution in [0.3, 0.4) is 0 Å². The zero-order chi connectivity index (χ0) is 21.7. The fourth-order valence-electron chi connectivity index (χ4n) is 4.55. The molecule has 8 heteroatoms. The van der Waals surface area contributed by atoms with Crippen molar-refractivity contribution in [2.75, 3.05) is 37.9 Å². The van der Waals surface area contributed by atoms with Crippen molar-refractivity contribution in [1.29, 1.82) is 0 Å². The molecule has 2 fully saturated rings. The average molecular weight is 452 g/mol. The highest BCUT2D eigenvalue weighted by Crippen LogP contribution is 2.50. The van der Waals surface area contributed by atoms with Crippen LogP contribution in [0.1, 0.15) is 18.5 Å². The third-order valence-corrected chi connectivity index (χ3v) is 6.90. The van der Waals surface area contributed by atoms with Gasteiger partial charge in [0.05, 0.1) is 21.8 Å². The lowest BCUT2D eigenvalue weighted by atomic mass is 9.99. The molecular formula is C24H22ClN3O4. The van der Waals surface area contributed by atoms with E-state index in [1.165, 1.54) is 0 Å². The van der Waals surface area contributed by atoms with E-state index < -0.39 is 5.41 Å². The smallest absolute Gasteiger partial charge is 0.235 e. The van der Waals surface area contributed by atoms with E-state index in [2.05, 4.69) is 10.1 Å². The van der Waals surface area contributed by atoms with Gasteiger partial charge < -0.3 is 23.8 Å². The molecule has 3 aliphatic rings. The summed E-state index contributed by atoms with van der Waals surface area (Å²) in [5.74, 6) is 2.18. The van der Waals surface area contributed by atoms with Gasteiger partial charge in [0, 0.05) is 37.8 Å². The highest BCUT2D eigenvalue weighted by atomic mass is 35.5. The van der Waals surface area contributed by atoms with Crippen molar-refractivity contribution < 1.29 is 18.8 Å². The van der Waals surface area contributed by atoms with Gasteiger partial charge in [-0.1, -0.05) is 28.9 Å². The topological polar surface area (TPSA) is 68.0 Å². The number of carbonyl (C=O) groups is 1. The molecule has 0 unspecified atom stereocenters. The number of benzene rings is 2. The molecule has 6 rings (SSSR count). The monoisotopic (exact) mass is 451 g/mol. The average Bonchev–Trinajstić information content (AvgIpc) is 3.25. The minimum Gasteiger partial charge on any atom is -0.454 e. The fourth-order valence-corrected chi connectivity index (χ4v) is 4.81. The fraction of sp³-hybridized carbons (Fsp3) is 0.333. The normalized spacial score (nSPS) is 18.7. The molecule has 0 atom stereocenters. The quantitative estimate of drug-likeness (QED) is 0.594. The third-order valence-electron chi connectivity index (χ3n) is 6.58. The Labute approximate surface area is 190 Å². The minimum absolute atomic E-state index is 0.141. The number of aromatic nitrogens is 1. The van der Waals surface area contributed by atoms with Gasteiger partial charge in [-0.15, -0.1) is 0 Å². The second-order valence-electron chi connectivity index (χ2n) is 8.46. The van der Waals surface area contributed by atoms with E-state index in [9.17, 15) is 4.79 Å². The number of hydrogen-bond acceptors (Lipinski definition) is 6. The maximum atomic E-state index is 13.5. The van der Waals surface area contributed by atoms with Gasteiger partial charge in [-0.05, 0) is 43.2 Å². The van der Waals surface area contributed by atoms with Crippen LogP contribution in [0.4, 0.5) is 5.69 Å². The summed E-state index contributed by atoms with van der Waals surface area (Å²) in [6.07, 6.45) is 1.59. The summed E-state index contributed by atoms with van der Waals surface area (Å²) < 4.78 is 16.4. The van der Waals surface area contributed by atoms with Crippen LogP contribution in [0.5, 0.6) is 11.5 Å². The van der Waals surface area contributed by atoms with Gasteiger partial charge in [0.15, 0.2) is 17.3 Å². The molecule has 32 heavy (non-hydrogen) atoms. The Balaban J connectivity index is 1.17. The molecule has 2 aliphatic heterocycles. The zero-order valence-electron chi connectivity index (χ0n) is 17.4. The number of para-hydroxylation sites is 1. The highest BCUT2D eigenvalue weighted by molar-refractivity contribution is 6.33. The lowest BCUT2D eigenvalue weighted by Gasteiger charge is -2.37. The second-order valence-corrected chi connectivity index (χ2v) is 8.86. The Morgan fingerprint density at radius 1 is 0.969 bits per heavy atom. The second kappa shape index (κ2) is 7.45. The van der Waals surface area contributed by atoms with Crippen LogP contribution in [-0.4, -0.2) is 48.9 Å². The summed E-state index contributed by atoms with van der Waals surface area (Å²) in [4.78, 5) is 17.6. The number of nitrogens with zero attached hydrogens (tertiary/aromatic N) is 3. The Kier molecular flexibility index (Phi) is 4.54. The Morgan fingerprint density at radius 3 is 2.53 bits per heavy atom. The first-order valence-corrected chi connectivity index (χ1v) is 11.2. The van der Waals surface area contributed by atoms with Crippen LogP contribution >= 0.6 is 11.6 Å². The van der Waals surface area contributed by atoms with Crippen molar-refractivity contribution >= 4 is 23.2 Å². The van der Waals surface area contributed by atoms with Gasteiger partial charge in [0.25, 0.3) is 0 Å². The van der Waals surface area contributed by atoms with Crippen LogP contribution in [0.2, 0.25) is 5.02 Å². The maximum absolute atomic E-state index is 13.5. The Morgan fingerprint density at radius 2 is 1.75 bits per heavy atom.